The highest BCUT2D eigenvalue weighted by Gasteiger charge is 2.62. The molecule has 5 fully saturated rings. The van der Waals surface area contributed by atoms with Gasteiger partial charge in [0.2, 0.25) is 0 Å². The third kappa shape index (κ3) is 1.28. The van der Waals surface area contributed by atoms with Crippen molar-refractivity contribution in [3.8, 4) is 0 Å². The first-order chi connectivity index (χ1) is 8.22. The summed E-state index contributed by atoms with van der Waals surface area (Å²) in [7, 11) is 2.11. The summed E-state index contributed by atoms with van der Waals surface area (Å²) in [6.07, 6.45) is 8.28. The lowest BCUT2D eigenvalue weighted by atomic mass is 9.47. The maximum absolute atomic E-state index is 9.37. The van der Waals surface area contributed by atoms with Gasteiger partial charge in [-0.2, -0.15) is 5.06 Å². The van der Waals surface area contributed by atoms with Crippen molar-refractivity contribution in [2.75, 3.05) is 13.7 Å². The number of nitrogens with zero attached hydrogens (tertiary/aromatic N) is 1. The Kier molecular flexibility index (Phi) is 2.19. The highest BCUT2D eigenvalue weighted by Crippen LogP contribution is 2.62. The van der Waals surface area contributed by atoms with Crippen LogP contribution < -0.4 is 0 Å². The Morgan fingerprint density at radius 2 is 1.71 bits per heavy atom. The fourth-order valence-electron chi connectivity index (χ4n) is 5.80. The van der Waals surface area contributed by atoms with E-state index in [1.54, 1.807) is 0 Å². The van der Waals surface area contributed by atoms with E-state index in [0.717, 1.165) is 30.1 Å². The molecule has 5 aliphatic rings. The van der Waals surface area contributed by atoms with E-state index in [1.807, 2.05) is 0 Å². The van der Waals surface area contributed by atoms with Gasteiger partial charge < -0.3 is 5.11 Å². The van der Waals surface area contributed by atoms with Gasteiger partial charge in [-0.15, -0.1) is 0 Å². The number of aliphatic hydroxyl groups excluding tert-OH is 1. The molecule has 1 spiro atoms. The molecule has 5 rings (SSSR count). The van der Waals surface area contributed by atoms with Crippen molar-refractivity contribution in [3.63, 3.8) is 0 Å². The quantitative estimate of drug-likeness (QED) is 0.755. The van der Waals surface area contributed by atoms with E-state index in [1.165, 1.54) is 32.1 Å². The van der Waals surface area contributed by atoms with E-state index in [9.17, 15) is 5.11 Å². The van der Waals surface area contributed by atoms with E-state index >= 15 is 0 Å². The zero-order chi connectivity index (χ0) is 11.6. The lowest BCUT2D eigenvalue weighted by Crippen LogP contribution is -2.62. The van der Waals surface area contributed by atoms with Crippen LogP contribution in [0.4, 0.5) is 0 Å². The van der Waals surface area contributed by atoms with E-state index in [2.05, 4.69) is 12.1 Å². The van der Waals surface area contributed by atoms with Crippen LogP contribution in [0.25, 0.3) is 0 Å². The average Bonchev–Trinajstić information content (AvgIpc) is 2.64. The molecular formula is C14H23NO2. The second-order valence-electron chi connectivity index (χ2n) is 6.91. The van der Waals surface area contributed by atoms with Crippen molar-refractivity contribution in [2.24, 2.45) is 23.7 Å². The van der Waals surface area contributed by atoms with Crippen LogP contribution in [0.2, 0.25) is 0 Å². The van der Waals surface area contributed by atoms with Crippen LogP contribution in [0.1, 0.15) is 38.5 Å². The summed E-state index contributed by atoms with van der Waals surface area (Å²) in [6, 6.07) is 0. The van der Waals surface area contributed by atoms with Gasteiger partial charge in [0, 0.05) is 7.05 Å². The highest BCUT2D eigenvalue weighted by molar-refractivity contribution is 5.12. The van der Waals surface area contributed by atoms with Crippen LogP contribution in [-0.2, 0) is 4.84 Å². The fraction of sp³-hybridized carbons (Fsp3) is 1.00. The summed E-state index contributed by atoms with van der Waals surface area (Å²) in [5.41, 5.74) is 0.279. The maximum atomic E-state index is 9.37. The Morgan fingerprint density at radius 3 is 2.18 bits per heavy atom. The molecule has 0 amide bonds. The van der Waals surface area contributed by atoms with Gasteiger partial charge in [-0.25, -0.2) is 0 Å². The third-order valence-electron chi connectivity index (χ3n) is 6.20. The molecule has 0 radical (unpaired) electrons. The van der Waals surface area contributed by atoms with Crippen molar-refractivity contribution in [2.45, 2.75) is 50.2 Å². The Balaban J connectivity index is 1.69. The van der Waals surface area contributed by atoms with Gasteiger partial charge in [-0.1, -0.05) is 0 Å². The maximum Gasteiger partial charge on any atom is 0.104 e. The molecule has 0 aromatic carbocycles. The second kappa shape index (κ2) is 3.46. The molecule has 1 saturated heterocycles. The summed E-state index contributed by atoms with van der Waals surface area (Å²) >= 11 is 0. The van der Waals surface area contributed by atoms with Crippen LogP contribution in [0.5, 0.6) is 0 Å². The van der Waals surface area contributed by atoms with Gasteiger partial charge in [0.05, 0.1) is 12.1 Å². The smallest absolute Gasteiger partial charge is 0.104 e. The third-order valence-corrected chi connectivity index (χ3v) is 6.20. The van der Waals surface area contributed by atoms with Crippen molar-refractivity contribution < 1.29 is 9.94 Å². The fourth-order valence-corrected chi connectivity index (χ4v) is 5.80. The number of hydrogen-bond donors (Lipinski definition) is 1. The molecule has 0 aromatic rings. The topological polar surface area (TPSA) is 32.7 Å². The monoisotopic (exact) mass is 237 g/mol. The molecule has 1 heterocycles. The van der Waals surface area contributed by atoms with E-state index in [-0.39, 0.29) is 18.2 Å². The Bertz CT molecular complexity index is 302. The number of hydrogen-bond acceptors (Lipinski definition) is 3. The summed E-state index contributed by atoms with van der Waals surface area (Å²) in [4.78, 5) is 5.87. The average molecular weight is 237 g/mol. The number of hydroxylamine groups is 2. The largest absolute Gasteiger partial charge is 0.394 e. The van der Waals surface area contributed by atoms with Crippen molar-refractivity contribution >= 4 is 0 Å². The second-order valence-corrected chi connectivity index (χ2v) is 6.91. The molecule has 0 unspecified atom stereocenters. The predicted octanol–water partition coefficient (Wildman–Crippen LogP) is 1.81. The molecular weight excluding hydrogens is 214 g/mol. The first kappa shape index (κ1) is 10.8. The van der Waals surface area contributed by atoms with E-state index in [0.29, 0.717) is 0 Å². The molecule has 96 valence electrons. The normalized spacial score (nSPS) is 57.2. The van der Waals surface area contributed by atoms with Crippen LogP contribution in [0.3, 0.4) is 0 Å². The SMILES string of the molecule is CN1O[C@@H](CO)CC12C1CC3CC(C1)CC2C3. The van der Waals surface area contributed by atoms with Gasteiger partial charge in [-0.3, -0.25) is 4.84 Å². The molecule has 4 bridgehead atoms. The van der Waals surface area contributed by atoms with Gasteiger partial charge >= 0.3 is 0 Å². The number of aliphatic hydroxyl groups is 1. The van der Waals surface area contributed by atoms with Gasteiger partial charge in [0.1, 0.15) is 6.10 Å². The van der Waals surface area contributed by atoms with E-state index < -0.39 is 0 Å². The minimum absolute atomic E-state index is 0.0533. The summed E-state index contributed by atoms with van der Waals surface area (Å²) in [5, 5.41) is 11.5. The van der Waals surface area contributed by atoms with Crippen molar-refractivity contribution in [1.82, 2.24) is 5.06 Å². The molecule has 3 heteroatoms. The summed E-state index contributed by atoms with van der Waals surface area (Å²) in [5.74, 6) is 3.68. The standard InChI is InChI=1S/C14H23NO2/c1-15-14(7-13(8-16)17-15)11-3-9-2-10(5-11)6-12(14)4-9/h9-13,16H,2-8H2,1H3/t9?,10?,11?,12?,13-,14?/m1/s1. The summed E-state index contributed by atoms with van der Waals surface area (Å²) < 4.78 is 0. The zero-order valence-electron chi connectivity index (χ0n) is 10.6. The molecule has 4 saturated carbocycles. The molecule has 17 heavy (non-hydrogen) atoms. The van der Waals surface area contributed by atoms with Crippen LogP contribution in [-0.4, -0.2) is 35.5 Å². The van der Waals surface area contributed by atoms with Gasteiger partial charge in [0.15, 0.2) is 0 Å². The molecule has 4 aliphatic carbocycles. The molecule has 1 aliphatic heterocycles. The zero-order valence-corrected chi connectivity index (χ0v) is 10.6. The van der Waals surface area contributed by atoms with Gasteiger partial charge in [0.25, 0.3) is 0 Å². The first-order valence-corrected chi connectivity index (χ1v) is 7.24. The lowest BCUT2D eigenvalue weighted by molar-refractivity contribution is -0.230. The Hall–Kier alpha value is -0.120. The van der Waals surface area contributed by atoms with Crippen LogP contribution in [0, 0.1) is 23.7 Å². The highest BCUT2D eigenvalue weighted by atomic mass is 16.7. The Labute approximate surface area is 103 Å². The summed E-state index contributed by atoms with van der Waals surface area (Å²) in [6.45, 7) is 0.179. The first-order valence-electron chi connectivity index (χ1n) is 7.24. The van der Waals surface area contributed by atoms with E-state index in [4.69, 9.17) is 4.84 Å². The minimum atomic E-state index is 0.0533. The predicted molar refractivity (Wildman–Crippen MR) is 64.1 cm³/mol. The van der Waals surface area contributed by atoms with Crippen molar-refractivity contribution in [3.05, 3.63) is 0 Å². The minimum Gasteiger partial charge on any atom is -0.394 e. The molecule has 1 N–H and O–H groups in total. The Morgan fingerprint density at radius 1 is 1.12 bits per heavy atom. The lowest BCUT2D eigenvalue weighted by Gasteiger charge is -2.61. The molecule has 1 atom stereocenters. The number of rotatable bonds is 1. The van der Waals surface area contributed by atoms with Crippen LogP contribution >= 0.6 is 0 Å². The van der Waals surface area contributed by atoms with Crippen molar-refractivity contribution in [1.29, 1.82) is 0 Å². The molecule has 0 aromatic heterocycles. The molecule has 3 nitrogen and oxygen atoms in total. The van der Waals surface area contributed by atoms with Gasteiger partial charge in [-0.05, 0) is 62.2 Å². The van der Waals surface area contributed by atoms with Crippen LogP contribution in [0.15, 0.2) is 0 Å².